The van der Waals surface area contributed by atoms with Crippen LogP contribution in [0.25, 0.3) is 0 Å². The second kappa shape index (κ2) is 26.9. The van der Waals surface area contributed by atoms with Gasteiger partial charge in [-0.2, -0.15) is 0 Å². The van der Waals surface area contributed by atoms with E-state index in [-0.39, 0.29) is 42.8 Å². The molecule has 0 radical (unpaired) electrons. The van der Waals surface area contributed by atoms with Gasteiger partial charge in [-0.15, -0.1) is 0 Å². The van der Waals surface area contributed by atoms with Crippen molar-refractivity contribution in [2.24, 2.45) is 0 Å². The monoisotopic (exact) mass is 398 g/mol. The zero-order chi connectivity index (χ0) is 19.3. The molecule has 0 amide bonds. The molecule has 1 atom stereocenters. The summed E-state index contributed by atoms with van der Waals surface area (Å²) in [6.07, 6.45) is 11.1. The first-order chi connectivity index (χ1) is 11.3. The zero-order valence-corrected chi connectivity index (χ0v) is 18.7. The molecule has 0 heterocycles. The van der Waals surface area contributed by atoms with Crippen LogP contribution in [0.5, 0.6) is 0 Å². The van der Waals surface area contributed by atoms with E-state index in [0.717, 1.165) is 12.8 Å². The Hall–Kier alpha value is 0.710. The van der Waals surface area contributed by atoms with Crippen molar-refractivity contribution in [1.82, 2.24) is 0 Å². The van der Waals surface area contributed by atoms with Crippen molar-refractivity contribution >= 4 is 10.4 Å². The van der Waals surface area contributed by atoms with E-state index in [9.17, 15) is 13.0 Å². The molecule has 0 bridgehead atoms. The van der Waals surface area contributed by atoms with Gasteiger partial charge in [0.25, 0.3) is 0 Å². The van der Waals surface area contributed by atoms with Gasteiger partial charge in [0.1, 0.15) is 0 Å². The number of unbranched alkanes of at least 4 members (excludes halogenated alkanes) is 9. The molecule has 0 saturated carbocycles. The normalized spacial score (nSPS) is 11.3. The molecule has 10 heteroatoms. The van der Waals surface area contributed by atoms with E-state index in [1.165, 1.54) is 51.9 Å². The molecule has 0 aliphatic rings. The van der Waals surface area contributed by atoms with Crippen molar-refractivity contribution in [3.05, 3.63) is 0 Å². The maximum absolute atomic E-state index is 10.1. The third kappa shape index (κ3) is 45.6. The van der Waals surface area contributed by atoms with Crippen molar-refractivity contribution in [1.29, 1.82) is 0 Å². The van der Waals surface area contributed by atoms with Crippen LogP contribution < -0.4 is 29.6 Å². The summed E-state index contributed by atoms with van der Waals surface area (Å²) in [6.45, 7) is 3.63. The molecule has 0 aromatic rings. The van der Waals surface area contributed by atoms with Crippen LogP contribution >= 0.6 is 0 Å². The van der Waals surface area contributed by atoms with Crippen LogP contribution in [0.4, 0.5) is 0 Å². The molecule has 0 rings (SSSR count). The van der Waals surface area contributed by atoms with Gasteiger partial charge in [0.2, 0.25) is 10.4 Å². The average molecular weight is 398 g/mol. The Morgan fingerprint density at radius 2 is 1.24 bits per heavy atom. The van der Waals surface area contributed by atoms with Crippen LogP contribution in [0.3, 0.4) is 0 Å². The van der Waals surface area contributed by atoms with E-state index in [1.54, 1.807) is 0 Å². The standard InChI is InChI=1S/C12H26O4S.C3H8O2.Na.H2O2/c1-2-3-4-5-6-7-8-9-10-11-12-16-17(13,14)15;1-3(5)2-4;;1-2/h2-12H2,1H3,(H,13,14,15);3-5H,2H2,1H3;;1-2H/q;;+1;/p-1. The predicted octanol–water partition coefficient (Wildman–Crippen LogP) is -0.235. The maximum atomic E-state index is 10.1. The molecule has 4 N–H and O–H groups in total. The fourth-order valence-electron chi connectivity index (χ4n) is 1.75. The van der Waals surface area contributed by atoms with E-state index in [4.69, 9.17) is 20.7 Å². The van der Waals surface area contributed by atoms with Crippen molar-refractivity contribution in [3.8, 4) is 0 Å². The van der Waals surface area contributed by atoms with Gasteiger partial charge in [0.15, 0.2) is 0 Å². The topological polar surface area (TPSA) is 147 Å². The Morgan fingerprint density at radius 1 is 0.920 bits per heavy atom. The molecule has 0 aliphatic carbocycles. The molecular weight excluding hydrogens is 363 g/mol. The minimum atomic E-state index is -4.48. The Bertz CT molecular complexity index is 313. The minimum Gasteiger partial charge on any atom is -0.726 e. The maximum Gasteiger partial charge on any atom is 1.00 e. The minimum absolute atomic E-state index is 0. The molecule has 0 aliphatic heterocycles. The van der Waals surface area contributed by atoms with Gasteiger partial charge in [-0.1, -0.05) is 64.7 Å². The number of aliphatic hydroxyl groups is 2. The summed E-state index contributed by atoms with van der Waals surface area (Å²) in [5.74, 6) is 0. The molecular formula is C15H35NaO8S. The summed E-state index contributed by atoms with van der Waals surface area (Å²) in [6, 6.07) is 0. The first-order valence-corrected chi connectivity index (χ1v) is 9.76. The Kier molecular flexibility index (Phi) is 35.9. The molecule has 0 fully saturated rings. The molecule has 0 spiro atoms. The Morgan fingerprint density at radius 3 is 1.52 bits per heavy atom. The second-order valence-electron chi connectivity index (χ2n) is 5.44. The summed E-state index contributed by atoms with van der Waals surface area (Å²) in [5.41, 5.74) is 0. The van der Waals surface area contributed by atoms with Crippen LogP contribution in [0.15, 0.2) is 0 Å². The molecule has 0 aromatic heterocycles. The molecule has 0 aromatic carbocycles. The third-order valence-corrected chi connectivity index (χ3v) is 3.45. The largest absolute Gasteiger partial charge is 1.00 e. The van der Waals surface area contributed by atoms with E-state index in [1.807, 2.05) is 0 Å². The number of aliphatic hydroxyl groups excluding tert-OH is 2. The molecule has 150 valence electrons. The van der Waals surface area contributed by atoms with Crippen LogP contribution in [-0.4, -0.2) is 53.0 Å². The summed E-state index contributed by atoms with van der Waals surface area (Å²) < 4.78 is 34.5. The SMILES string of the molecule is CC(O)CO.CCCCCCCCCCCCOS(=O)(=O)[O-].OO.[Na+]. The molecule has 8 nitrogen and oxygen atoms in total. The van der Waals surface area contributed by atoms with Gasteiger partial charge >= 0.3 is 29.6 Å². The fraction of sp³-hybridized carbons (Fsp3) is 1.00. The van der Waals surface area contributed by atoms with Crippen LogP contribution in [-0.2, 0) is 14.6 Å². The van der Waals surface area contributed by atoms with E-state index in [0.29, 0.717) is 6.42 Å². The van der Waals surface area contributed by atoms with Crippen LogP contribution in [0.1, 0.15) is 78.1 Å². The third-order valence-electron chi connectivity index (χ3n) is 2.99. The van der Waals surface area contributed by atoms with Crippen molar-refractivity contribution < 1.29 is 67.4 Å². The fourth-order valence-corrected chi connectivity index (χ4v) is 2.07. The van der Waals surface area contributed by atoms with Crippen LogP contribution in [0.2, 0.25) is 0 Å². The van der Waals surface area contributed by atoms with Gasteiger partial charge < -0.3 is 14.8 Å². The summed E-state index contributed by atoms with van der Waals surface area (Å²) in [7, 11) is -4.48. The van der Waals surface area contributed by atoms with E-state index < -0.39 is 16.5 Å². The second-order valence-corrected chi connectivity index (χ2v) is 6.50. The van der Waals surface area contributed by atoms with Crippen LogP contribution in [0, 0.1) is 0 Å². The Labute approximate surface area is 174 Å². The van der Waals surface area contributed by atoms with Gasteiger partial charge in [-0.25, -0.2) is 8.42 Å². The molecule has 0 saturated heterocycles. The first kappa shape index (κ1) is 33.3. The van der Waals surface area contributed by atoms with E-state index >= 15 is 0 Å². The van der Waals surface area contributed by atoms with E-state index in [2.05, 4.69) is 11.1 Å². The van der Waals surface area contributed by atoms with Gasteiger partial charge in [0, 0.05) is 0 Å². The number of hydrogen-bond acceptors (Lipinski definition) is 8. The Balaban J connectivity index is -0.000000236. The van der Waals surface area contributed by atoms with Crippen molar-refractivity contribution in [2.75, 3.05) is 13.2 Å². The van der Waals surface area contributed by atoms with Crippen molar-refractivity contribution in [2.45, 2.75) is 84.2 Å². The zero-order valence-electron chi connectivity index (χ0n) is 15.9. The van der Waals surface area contributed by atoms with Crippen molar-refractivity contribution in [3.63, 3.8) is 0 Å². The summed E-state index contributed by atoms with van der Waals surface area (Å²) in [5, 5.41) is 28.0. The van der Waals surface area contributed by atoms with Gasteiger partial charge in [-0.3, -0.25) is 14.7 Å². The first-order valence-electron chi connectivity index (χ1n) is 8.42. The van der Waals surface area contributed by atoms with Gasteiger partial charge in [0.05, 0.1) is 19.3 Å². The average Bonchev–Trinajstić information content (AvgIpc) is 2.54. The number of rotatable bonds is 13. The molecule has 1 unspecified atom stereocenters. The molecule has 25 heavy (non-hydrogen) atoms. The predicted molar refractivity (Wildman–Crippen MR) is 91.5 cm³/mol. The smallest absolute Gasteiger partial charge is 0.726 e. The summed E-state index contributed by atoms with van der Waals surface area (Å²) in [4.78, 5) is 0. The number of hydrogen-bond donors (Lipinski definition) is 4. The quantitative estimate of drug-likeness (QED) is 0.0830. The summed E-state index contributed by atoms with van der Waals surface area (Å²) >= 11 is 0. The van der Waals surface area contributed by atoms with Gasteiger partial charge in [-0.05, 0) is 13.3 Å².